The highest BCUT2D eigenvalue weighted by molar-refractivity contribution is 7.98. The number of carboxylic acids is 1. The number of hydrogen-bond acceptors (Lipinski definition) is 4. The zero-order valence-electron chi connectivity index (χ0n) is 7.35. The molecule has 0 aliphatic carbocycles. The molecule has 0 saturated heterocycles. The van der Waals surface area contributed by atoms with Crippen molar-refractivity contribution in [2.75, 3.05) is 6.26 Å². The number of aromatic nitrogens is 1. The molecule has 0 fully saturated rings. The van der Waals surface area contributed by atoms with Gasteiger partial charge in [0.15, 0.2) is 5.58 Å². The fraction of sp³-hybridized carbons (Fsp3) is 0.111. The van der Waals surface area contributed by atoms with Crippen LogP contribution in [0, 0.1) is 0 Å². The third kappa shape index (κ3) is 1.46. The smallest absolute Gasteiger partial charge is 0.392 e. The number of fused-ring (bicyclic) bond motifs is 1. The van der Waals surface area contributed by atoms with Crippen molar-refractivity contribution in [3.8, 4) is 0 Å². The number of carbonyl (C=O) groups is 1. The lowest BCUT2D eigenvalue weighted by atomic mass is 10.3. The van der Waals surface area contributed by atoms with Gasteiger partial charge in [-0.2, -0.15) is 0 Å². The molecule has 1 N–H and O–H groups in total. The number of benzene rings is 1. The van der Waals surface area contributed by atoms with Crippen molar-refractivity contribution in [1.82, 2.24) is 4.98 Å². The molecule has 0 aliphatic heterocycles. The van der Waals surface area contributed by atoms with E-state index in [4.69, 9.17) is 9.52 Å². The lowest BCUT2D eigenvalue weighted by molar-refractivity contribution is 0.0656. The molecule has 0 bridgehead atoms. The van der Waals surface area contributed by atoms with Gasteiger partial charge in [-0.05, 0) is 24.5 Å². The van der Waals surface area contributed by atoms with E-state index in [9.17, 15) is 4.79 Å². The van der Waals surface area contributed by atoms with Crippen molar-refractivity contribution in [2.24, 2.45) is 0 Å². The second-order valence-corrected chi connectivity index (χ2v) is 3.54. The van der Waals surface area contributed by atoms with Crippen LogP contribution in [0.15, 0.2) is 27.5 Å². The largest absolute Gasteiger partial charge is 0.474 e. The highest BCUT2D eigenvalue weighted by Crippen LogP contribution is 2.22. The maximum atomic E-state index is 10.6. The summed E-state index contributed by atoms with van der Waals surface area (Å²) in [6.07, 6.45) is 1.94. The normalized spacial score (nSPS) is 10.6. The molecule has 0 spiro atoms. The summed E-state index contributed by atoms with van der Waals surface area (Å²) in [5.74, 6) is -1.41. The Balaban J connectivity index is 2.60. The van der Waals surface area contributed by atoms with Crippen LogP contribution in [0.25, 0.3) is 11.1 Å². The number of hydrogen-bond donors (Lipinski definition) is 1. The van der Waals surface area contributed by atoms with E-state index in [1.165, 1.54) is 0 Å². The zero-order chi connectivity index (χ0) is 10.1. The second-order valence-electron chi connectivity index (χ2n) is 2.66. The monoisotopic (exact) mass is 209 g/mol. The molecule has 0 radical (unpaired) electrons. The van der Waals surface area contributed by atoms with Crippen molar-refractivity contribution < 1.29 is 14.3 Å². The van der Waals surface area contributed by atoms with Gasteiger partial charge in [0, 0.05) is 4.90 Å². The molecular formula is C9H7NO3S. The van der Waals surface area contributed by atoms with E-state index in [1.54, 1.807) is 23.9 Å². The molecule has 0 amide bonds. The van der Waals surface area contributed by atoms with Gasteiger partial charge in [-0.1, -0.05) is 0 Å². The lowest BCUT2D eigenvalue weighted by Gasteiger charge is -1.92. The number of aromatic carboxylic acids is 1. The summed E-state index contributed by atoms with van der Waals surface area (Å²) in [7, 11) is 0. The fourth-order valence-electron chi connectivity index (χ4n) is 1.13. The number of rotatable bonds is 2. The van der Waals surface area contributed by atoms with Gasteiger partial charge >= 0.3 is 11.9 Å². The molecule has 2 aromatic rings. The molecule has 1 aromatic heterocycles. The average molecular weight is 209 g/mol. The maximum absolute atomic E-state index is 10.6. The summed E-state index contributed by atoms with van der Waals surface area (Å²) in [4.78, 5) is 15.4. The number of oxazole rings is 1. The van der Waals surface area contributed by atoms with Gasteiger partial charge in [-0.15, -0.1) is 11.8 Å². The lowest BCUT2D eigenvalue weighted by Crippen LogP contribution is -1.94. The Kier molecular flexibility index (Phi) is 2.17. The van der Waals surface area contributed by atoms with Gasteiger partial charge in [0.1, 0.15) is 5.52 Å². The van der Waals surface area contributed by atoms with Gasteiger partial charge in [0.05, 0.1) is 0 Å². The van der Waals surface area contributed by atoms with Gasteiger partial charge in [0.2, 0.25) is 0 Å². The first kappa shape index (κ1) is 9.08. The summed E-state index contributed by atoms with van der Waals surface area (Å²) < 4.78 is 5.01. The molecule has 5 heteroatoms. The third-order valence-electron chi connectivity index (χ3n) is 1.78. The summed E-state index contributed by atoms with van der Waals surface area (Å²) in [5.41, 5.74) is 1.08. The molecule has 72 valence electrons. The van der Waals surface area contributed by atoms with Crippen LogP contribution in [0.1, 0.15) is 10.7 Å². The zero-order valence-corrected chi connectivity index (χ0v) is 8.17. The molecule has 0 aliphatic rings. The Morgan fingerprint density at radius 2 is 2.36 bits per heavy atom. The van der Waals surface area contributed by atoms with Gasteiger partial charge in [0.25, 0.3) is 0 Å². The second kappa shape index (κ2) is 3.34. The first-order valence-electron chi connectivity index (χ1n) is 3.88. The minimum atomic E-state index is -1.15. The molecule has 1 heterocycles. The highest BCUT2D eigenvalue weighted by atomic mass is 32.2. The third-order valence-corrected chi connectivity index (χ3v) is 2.50. The molecule has 0 unspecified atom stereocenters. The number of nitrogens with zero attached hydrogens (tertiary/aromatic N) is 1. The Labute approximate surface area is 83.9 Å². The quantitative estimate of drug-likeness (QED) is 0.768. The van der Waals surface area contributed by atoms with Crippen LogP contribution in [0.2, 0.25) is 0 Å². The highest BCUT2D eigenvalue weighted by Gasteiger charge is 2.12. The summed E-state index contributed by atoms with van der Waals surface area (Å²) in [6.45, 7) is 0. The van der Waals surface area contributed by atoms with Crippen molar-refractivity contribution in [1.29, 1.82) is 0 Å². The average Bonchev–Trinajstić information content (AvgIpc) is 2.59. The molecule has 4 nitrogen and oxygen atoms in total. The van der Waals surface area contributed by atoms with Crippen LogP contribution in [-0.4, -0.2) is 22.3 Å². The van der Waals surface area contributed by atoms with E-state index < -0.39 is 5.97 Å². The molecule has 2 rings (SSSR count). The Morgan fingerprint density at radius 3 is 3.00 bits per heavy atom. The van der Waals surface area contributed by atoms with E-state index in [0.717, 1.165) is 4.90 Å². The van der Waals surface area contributed by atoms with Gasteiger partial charge in [-0.25, -0.2) is 9.78 Å². The molecular weight excluding hydrogens is 202 g/mol. The van der Waals surface area contributed by atoms with E-state index >= 15 is 0 Å². The van der Waals surface area contributed by atoms with E-state index in [1.807, 2.05) is 12.3 Å². The first-order chi connectivity index (χ1) is 6.70. The minimum Gasteiger partial charge on any atom is -0.474 e. The Bertz CT molecular complexity index is 492. The van der Waals surface area contributed by atoms with Crippen LogP contribution in [0.3, 0.4) is 0 Å². The van der Waals surface area contributed by atoms with Crippen molar-refractivity contribution in [3.05, 3.63) is 24.1 Å². The van der Waals surface area contributed by atoms with Crippen molar-refractivity contribution in [2.45, 2.75) is 4.90 Å². The summed E-state index contributed by atoms with van der Waals surface area (Å²) in [5, 5.41) is 8.65. The van der Waals surface area contributed by atoms with Gasteiger partial charge in [-0.3, -0.25) is 0 Å². The van der Waals surface area contributed by atoms with Crippen LogP contribution in [0.4, 0.5) is 0 Å². The molecule has 0 atom stereocenters. The Morgan fingerprint density at radius 1 is 1.57 bits per heavy atom. The van der Waals surface area contributed by atoms with Gasteiger partial charge < -0.3 is 9.52 Å². The van der Waals surface area contributed by atoms with Crippen molar-refractivity contribution in [3.63, 3.8) is 0 Å². The van der Waals surface area contributed by atoms with E-state index in [0.29, 0.717) is 11.1 Å². The minimum absolute atomic E-state index is 0.266. The van der Waals surface area contributed by atoms with Crippen LogP contribution in [-0.2, 0) is 0 Å². The fourth-order valence-corrected chi connectivity index (χ4v) is 1.56. The van der Waals surface area contributed by atoms with Crippen LogP contribution < -0.4 is 0 Å². The predicted molar refractivity (Wildman–Crippen MR) is 52.7 cm³/mol. The molecule has 0 saturated carbocycles. The summed E-state index contributed by atoms with van der Waals surface area (Å²) >= 11 is 1.57. The SMILES string of the molecule is CSc1ccc2oc(C(=O)O)nc2c1. The van der Waals surface area contributed by atoms with Crippen LogP contribution >= 0.6 is 11.8 Å². The van der Waals surface area contributed by atoms with E-state index in [2.05, 4.69) is 4.98 Å². The van der Waals surface area contributed by atoms with Crippen LogP contribution in [0.5, 0.6) is 0 Å². The predicted octanol–water partition coefficient (Wildman–Crippen LogP) is 2.25. The standard InChI is InChI=1S/C9H7NO3S/c1-14-5-2-3-7-6(4-5)10-8(13-7)9(11)12/h2-4H,1H3,(H,11,12). The maximum Gasteiger partial charge on any atom is 0.392 e. The van der Waals surface area contributed by atoms with Crippen molar-refractivity contribution >= 4 is 28.8 Å². The number of thioether (sulfide) groups is 1. The van der Waals surface area contributed by atoms with E-state index in [-0.39, 0.29) is 5.89 Å². The molecule has 1 aromatic carbocycles. The number of carboxylic acid groups (broad SMARTS) is 1. The first-order valence-corrected chi connectivity index (χ1v) is 5.11. The molecule has 14 heavy (non-hydrogen) atoms. The Hall–Kier alpha value is -1.49. The summed E-state index contributed by atoms with van der Waals surface area (Å²) in [6, 6.07) is 5.39. The topological polar surface area (TPSA) is 63.3 Å².